The number of aryl methyl sites for hydroxylation is 2. The number of nitrogens with one attached hydrogen (secondary N) is 1. The highest BCUT2D eigenvalue weighted by Gasteiger charge is 2.17. The largest absolute Gasteiger partial charge is 0.507 e. The van der Waals surface area contributed by atoms with Crippen LogP contribution in [0.15, 0.2) is 30.3 Å². The third kappa shape index (κ3) is 4.25. The average molecular weight is 364 g/mol. The van der Waals surface area contributed by atoms with Crippen molar-refractivity contribution in [3.8, 4) is 17.2 Å². The smallest absolute Gasteiger partial charge is 0.387 e. The number of alkyl halides is 2. The minimum atomic E-state index is -2.88. The summed E-state index contributed by atoms with van der Waals surface area (Å²) in [6.07, 6.45) is 3.26. The van der Waals surface area contributed by atoms with Gasteiger partial charge in [-0.3, -0.25) is 0 Å². The number of aromatic hydroxyl groups is 1. The molecule has 0 bridgehead atoms. The Labute approximate surface area is 152 Å². The molecule has 1 atom stereocenters. The molecule has 1 aliphatic carbocycles. The molecule has 2 aromatic carbocycles. The van der Waals surface area contributed by atoms with Gasteiger partial charge in [-0.15, -0.1) is 0 Å². The quantitative estimate of drug-likeness (QED) is 0.794. The molecule has 1 aliphatic rings. The molecule has 0 spiro atoms. The highest BCUT2D eigenvalue weighted by Crippen LogP contribution is 2.30. The van der Waals surface area contributed by atoms with Crippen molar-refractivity contribution in [1.82, 2.24) is 0 Å². The lowest BCUT2D eigenvalue weighted by Crippen LogP contribution is -3.06. The zero-order valence-electron chi connectivity index (χ0n) is 15.0. The Morgan fingerprint density at radius 3 is 2.50 bits per heavy atom. The summed E-state index contributed by atoms with van der Waals surface area (Å²) in [4.78, 5) is 1.17. The van der Waals surface area contributed by atoms with E-state index >= 15 is 0 Å². The van der Waals surface area contributed by atoms with Gasteiger partial charge in [-0.25, -0.2) is 0 Å². The molecule has 6 heteroatoms. The van der Waals surface area contributed by atoms with E-state index in [-0.39, 0.29) is 11.5 Å². The first-order valence-electron chi connectivity index (χ1n) is 8.73. The fraction of sp³-hybridized carbons (Fsp3) is 0.400. The first kappa shape index (κ1) is 18.5. The van der Waals surface area contributed by atoms with Crippen LogP contribution in [0.25, 0.3) is 0 Å². The van der Waals surface area contributed by atoms with Crippen LogP contribution in [0.5, 0.6) is 17.2 Å². The van der Waals surface area contributed by atoms with Gasteiger partial charge in [0.2, 0.25) is 0 Å². The lowest BCUT2D eigenvalue weighted by Gasteiger charge is -2.17. The molecule has 2 N–H and O–H groups in total. The van der Waals surface area contributed by atoms with Crippen LogP contribution in [-0.4, -0.2) is 25.9 Å². The Kier molecular flexibility index (Phi) is 5.61. The second-order valence-electron chi connectivity index (χ2n) is 6.78. The summed E-state index contributed by atoms with van der Waals surface area (Å²) in [6, 6.07) is 8.97. The molecule has 0 aliphatic heterocycles. The Balaban J connectivity index is 1.69. The maximum Gasteiger partial charge on any atom is 0.387 e. The standard InChI is InChI=1S/C20H23F2NO3/c1-23(12-16-9-14-4-3-5-15(14)10-17(16)24)11-13-6-7-18(26-20(21)22)19(8-13)25-2/h6-10,20,24H,3-5,11-12H2,1-2H3/p+1. The van der Waals surface area contributed by atoms with E-state index in [4.69, 9.17) is 4.74 Å². The summed E-state index contributed by atoms with van der Waals surface area (Å²) in [7, 11) is 3.46. The number of quaternary nitrogens is 1. The van der Waals surface area contributed by atoms with Gasteiger partial charge in [-0.2, -0.15) is 8.78 Å². The molecular formula is C20H24F2NO3+. The molecular weight excluding hydrogens is 340 g/mol. The summed E-state index contributed by atoms with van der Waals surface area (Å²) < 4.78 is 34.4. The van der Waals surface area contributed by atoms with E-state index < -0.39 is 6.61 Å². The molecule has 1 unspecified atom stereocenters. The van der Waals surface area contributed by atoms with Crippen molar-refractivity contribution in [2.75, 3.05) is 14.2 Å². The van der Waals surface area contributed by atoms with E-state index in [0.29, 0.717) is 18.8 Å². The zero-order chi connectivity index (χ0) is 18.7. The van der Waals surface area contributed by atoms with Crippen molar-refractivity contribution < 1.29 is 28.3 Å². The Morgan fingerprint density at radius 1 is 1.08 bits per heavy atom. The molecule has 0 heterocycles. The molecule has 0 saturated carbocycles. The normalized spacial score (nSPS) is 14.3. The molecule has 0 radical (unpaired) electrons. The van der Waals surface area contributed by atoms with Gasteiger partial charge in [-0.1, -0.05) is 0 Å². The SMILES string of the molecule is COc1cc(C[NH+](C)Cc2cc3c(cc2O)CCC3)ccc1OC(F)F. The third-order valence-corrected chi connectivity index (χ3v) is 4.74. The minimum Gasteiger partial charge on any atom is -0.507 e. The average Bonchev–Trinajstić information content (AvgIpc) is 3.03. The number of hydrogen-bond donors (Lipinski definition) is 2. The summed E-state index contributed by atoms with van der Waals surface area (Å²) >= 11 is 0. The minimum absolute atomic E-state index is 0.0279. The number of phenols is 1. The van der Waals surface area contributed by atoms with E-state index in [1.54, 1.807) is 12.1 Å². The molecule has 140 valence electrons. The van der Waals surface area contributed by atoms with Gasteiger partial charge in [0.25, 0.3) is 0 Å². The molecule has 0 fully saturated rings. The van der Waals surface area contributed by atoms with E-state index in [2.05, 4.69) is 10.8 Å². The summed E-state index contributed by atoms with van der Waals surface area (Å²) in [6.45, 7) is -1.54. The van der Waals surface area contributed by atoms with Crippen molar-refractivity contribution in [3.05, 3.63) is 52.6 Å². The van der Waals surface area contributed by atoms with E-state index in [1.165, 1.54) is 29.2 Å². The van der Waals surface area contributed by atoms with Crippen molar-refractivity contribution in [2.24, 2.45) is 0 Å². The second-order valence-corrected chi connectivity index (χ2v) is 6.78. The molecule has 4 nitrogen and oxygen atoms in total. The van der Waals surface area contributed by atoms with Crippen LogP contribution < -0.4 is 14.4 Å². The van der Waals surface area contributed by atoms with Crippen LogP contribution in [-0.2, 0) is 25.9 Å². The molecule has 0 saturated heterocycles. The Morgan fingerprint density at radius 2 is 1.81 bits per heavy atom. The number of ether oxygens (including phenoxy) is 2. The topological polar surface area (TPSA) is 43.1 Å². The number of rotatable bonds is 7. The van der Waals surface area contributed by atoms with Crippen LogP contribution >= 0.6 is 0 Å². The number of benzene rings is 2. The van der Waals surface area contributed by atoms with Gasteiger partial charge in [0.05, 0.1) is 14.2 Å². The first-order chi connectivity index (χ1) is 12.5. The molecule has 2 aromatic rings. The van der Waals surface area contributed by atoms with Crippen molar-refractivity contribution in [1.29, 1.82) is 0 Å². The lowest BCUT2D eigenvalue weighted by molar-refractivity contribution is -0.907. The predicted octanol–water partition coefficient (Wildman–Crippen LogP) is 2.71. The van der Waals surface area contributed by atoms with E-state index in [0.717, 1.165) is 30.4 Å². The maximum absolute atomic E-state index is 12.4. The predicted molar refractivity (Wildman–Crippen MR) is 94.1 cm³/mol. The third-order valence-electron chi connectivity index (χ3n) is 4.74. The highest BCUT2D eigenvalue weighted by atomic mass is 19.3. The fourth-order valence-electron chi connectivity index (χ4n) is 3.56. The Bertz CT molecular complexity index is 780. The van der Waals surface area contributed by atoms with Crippen molar-refractivity contribution >= 4 is 0 Å². The molecule has 26 heavy (non-hydrogen) atoms. The molecule has 0 amide bonds. The van der Waals surface area contributed by atoms with Gasteiger partial charge >= 0.3 is 6.61 Å². The number of phenolic OH excluding ortho intramolecular Hbond substituents is 1. The van der Waals surface area contributed by atoms with Gasteiger partial charge in [0.15, 0.2) is 11.5 Å². The summed E-state index contributed by atoms with van der Waals surface area (Å²) in [5, 5.41) is 10.3. The van der Waals surface area contributed by atoms with Gasteiger partial charge in [0, 0.05) is 11.1 Å². The monoisotopic (exact) mass is 364 g/mol. The number of fused-ring (bicyclic) bond motifs is 1. The second kappa shape index (κ2) is 7.91. The Hall–Kier alpha value is -2.34. The first-order valence-corrected chi connectivity index (χ1v) is 8.73. The van der Waals surface area contributed by atoms with Crippen molar-refractivity contribution in [3.63, 3.8) is 0 Å². The lowest BCUT2D eigenvalue weighted by atomic mass is 10.0. The number of halogens is 2. The summed E-state index contributed by atoms with van der Waals surface area (Å²) in [5.74, 6) is 0.666. The number of methoxy groups -OCH3 is 1. The zero-order valence-corrected chi connectivity index (χ0v) is 15.0. The van der Waals surface area contributed by atoms with Crippen LogP contribution in [0, 0.1) is 0 Å². The van der Waals surface area contributed by atoms with Crippen LogP contribution in [0.4, 0.5) is 8.78 Å². The van der Waals surface area contributed by atoms with E-state index in [1.807, 2.05) is 13.1 Å². The number of hydrogen-bond acceptors (Lipinski definition) is 3. The van der Waals surface area contributed by atoms with E-state index in [9.17, 15) is 13.9 Å². The van der Waals surface area contributed by atoms with Crippen molar-refractivity contribution in [2.45, 2.75) is 39.0 Å². The summed E-state index contributed by atoms with van der Waals surface area (Å²) in [5.41, 5.74) is 4.47. The molecule has 0 aromatic heterocycles. The van der Waals surface area contributed by atoms with Crippen LogP contribution in [0.2, 0.25) is 0 Å². The van der Waals surface area contributed by atoms with Gasteiger partial charge < -0.3 is 19.5 Å². The molecule has 3 rings (SSSR count). The van der Waals surface area contributed by atoms with Gasteiger partial charge in [0.1, 0.15) is 18.8 Å². The van der Waals surface area contributed by atoms with Crippen LogP contribution in [0.1, 0.15) is 28.7 Å². The maximum atomic E-state index is 12.4. The fourth-order valence-corrected chi connectivity index (χ4v) is 3.56. The van der Waals surface area contributed by atoms with Crippen LogP contribution in [0.3, 0.4) is 0 Å². The highest BCUT2D eigenvalue weighted by molar-refractivity contribution is 5.44. The van der Waals surface area contributed by atoms with Gasteiger partial charge in [-0.05, 0) is 60.7 Å².